The molecule has 2 aromatic rings. The molecule has 0 heterocycles. The third kappa shape index (κ3) is 1.46. The Morgan fingerprint density at radius 3 is 2.71 bits per heavy atom. The summed E-state index contributed by atoms with van der Waals surface area (Å²) in [6.07, 6.45) is 0.864. The average molecular weight is 249 g/mol. The van der Waals surface area contributed by atoms with Crippen molar-refractivity contribution in [1.82, 2.24) is 0 Å². The highest BCUT2D eigenvalue weighted by Gasteiger charge is 2.03. The van der Waals surface area contributed by atoms with Crippen LogP contribution in [0.25, 0.3) is 10.8 Å². The monoisotopic (exact) mass is 248 g/mol. The highest BCUT2D eigenvalue weighted by Crippen LogP contribution is 2.27. The number of rotatable bonds is 1. The van der Waals surface area contributed by atoms with E-state index in [-0.39, 0.29) is 0 Å². The molecule has 0 amide bonds. The van der Waals surface area contributed by atoms with Crippen LogP contribution >= 0.6 is 15.9 Å². The number of carbonyl (C=O) groups is 1. The maximum absolute atomic E-state index is 10.7. The summed E-state index contributed by atoms with van der Waals surface area (Å²) in [6, 6.07) is 9.98. The van der Waals surface area contributed by atoms with Crippen LogP contribution in [0, 0.1) is 6.92 Å². The zero-order valence-electron chi connectivity index (χ0n) is 7.75. The maximum Gasteiger partial charge on any atom is 0.151 e. The largest absolute Gasteiger partial charge is 0.298 e. The second-order valence-electron chi connectivity index (χ2n) is 3.31. The summed E-state index contributed by atoms with van der Waals surface area (Å²) in [5, 5.41) is 2.24. The Bertz CT molecular complexity index is 503. The third-order valence-corrected chi connectivity index (χ3v) is 3.15. The molecule has 0 unspecified atom stereocenters. The topological polar surface area (TPSA) is 17.1 Å². The van der Waals surface area contributed by atoms with E-state index in [4.69, 9.17) is 0 Å². The fourth-order valence-corrected chi connectivity index (χ4v) is 2.11. The van der Waals surface area contributed by atoms with Crippen molar-refractivity contribution in [3.05, 3.63) is 45.9 Å². The van der Waals surface area contributed by atoms with E-state index in [0.29, 0.717) is 5.56 Å². The van der Waals surface area contributed by atoms with Crippen molar-refractivity contribution in [2.24, 2.45) is 0 Å². The lowest BCUT2D eigenvalue weighted by atomic mass is 10.1. The molecule has 0 aromatic heterocycles. The first-order valence-corrected chi connectivity index (χ1v) is 5.16. The van der Waals surface area contributed by atoms with Gasteiger partial charge in [0.05, 0.1) is 0 Å². The van der Waals surface area contributed by atoms with Crippen molar-refractivity contribution in [3.63, 3.8) is 0 Å². The Kier molecular flexibility index (Phi) is 2.38. The number of carbonyl (C=O) groups excluding carboxylic acids is 1. The molecule has 2 rings (SSSR count). The Balaban J connectivity index is 2.83. The van der Waals surface area contributed by atoms with Gasteiger partial charge in [-0.25, -0.2) is 0 Å². The first-order chi connectivity index (χ1) is 6.72. The maximum atomic E-state index is 10.7. The number of halogens is 1. The van der Waals surface area contributed by atoms with Crippen molar-refractivity contribution in [1.29, 1.82) is 0 Å². The lowest BCUT2D eigenvalue weighted by Crippen LogP contribution is -1.84. The van der Waals surface area contributed by atoms with Crippen LogP contribution in [-0.2, 0) is 0 Å². The van der Waals surface area contributed by atoms with Gasteiger partial charge in [-0.2, -0.15) is 0 Å². The van der Waals surface area contributed by atoms with Crippen LogP contribution in [0.3, 0.4) is 0 Å². The van der Waals surface area contributed by atoms with Crippen molar-refractivity contribution in [2.45, 2.75) is 6.92 Å². The number of benzene rings is 2. The lowest BCUT2D eigenvalue weighted by Gasteiger charge is -2.03. The van der Waals surface area contributed by atoms with Gasteiger partial charge >= 0.3 is 0 Å². The summed E-state index contributed by atoms with van der Waals surface area (Å²) in [5.41, 5.74) is 1.92. The molecule has 0 bridgehead atoms. The molecular formula is C12H9BrO. The number of hydrogen-bond donors (Lipinski definition) is 0. The van der Waals surface area contributed by atoms with E-state index in [1.165, 1.54) is 5.56 Å². The zero-order chi connectivity index (χ0) is 10.1. The van der Waals surface area contributed by atoms with Crippen LogP contribution in [0.15, 0.2) is 34.8 Å². The smallest absolute Gasteiger partial charge is 0.151 e. The molecule has 0 saturated carbocycles. The van der Waals surface area contributed by atoms with E-state index in [2.05, 4.69) is 28.9 Å². The fraction of sp³-hybridized carbons (Fsp3) is 0.0833. The van der Waals surface area contributed by atoms with Crippen LogP contribution in [0.5, 0.6) is 0 Å². The van der Waals surface area contributed by atoms with Gasteiger partial charge in [0.2, 0.25) is 0 Å². The number of hydrogen-bond acceptors (Lipinski definition) is 1. The average Bonchev–Trinajstić information content (AvgIpc) is 2.18. The van der Waals surface area contributed by atoms with Crippen molar-refractivity contribution < 1.29 is 4.79 Å². The SMILES string of the molecule is Cc1ccc2c(Br)c(C=O)ccc2c1. The van der Waals surface area contributed by atoms with Crippen LogP contribution in [-0.4, -0.2) is 6.29 Å². The summed E-state index contributed by atoms with van der Waals surface area (Å²) in [4.78, 5) is 10.7. The van der Waals surface area contributed by atoms with Gasteiger partial charge in [-0.15, -0.1) is 0 Å². The highest BCUT2D eigenvalue weighted by molar-refractivity contribution is 9.10. The standard InChI is InChI=1S/C12H9BrO/c1-8-2-5-11-9(6-8)3-4-10(7-14)12(11)13/h2-7H,1H3. The molecular weight excluding hydrogens is 240 g/mol. The van der Waals surface area contributed by atoms with Gasteiger partial charge in [-0.3, -0.25) is 4.79 Å². The number of fused-ring (bicyclic) bond motifs is 1. The molecule has 0 aliphatic heterocycles. The second kappa shape index (κ2) is 3.54. The van der Waals surface area contributed by atoms with E-state index in [1.807, 2.05) is 24.3 Å². The van der Waals surface area contributed by atoms with Gasteiger partial charge in [0.1, 0.15) is 0 Å². The van der Waals surface area contributed by atoms with Gasteiger partial charge in [0.15, 0.2) is 6.29 Å². The van der Waals surface area contributed by atoms with E-state index >= 15 is 0 Å². The van der Waals surface area contributed by atoms with Crippen LogP contribution in [0.1, 0.15) is 15.9 Å². The Morgan fingerprint density at radius 1 is 1.21 bits per heavy atom. The second-order valence-corrected chi connectivity index (χ2v) is 4.10. The molecule has 0 spiro atoms. The molecule has 0 saturated heterocycles. The van der Waals surface area contributed by atoms with Gasteiger partial charge < -0.3 is 0 Å². The molecule has 0 N–H and O–H groups in total. The minimum absolute atomic E-state index is 0.696. The van der Waals surface area contributed by atoms with Crippen molar-refractivity contribution in [3.8, 4) is 0 Å². The third-order valence-electron chi connectivity index (χ3n) is 2.27. The van der Waals surface area contributed by atoms with E-state index < -0.39 is 0 Å². The van der Waals surface area contributed by atoms with Gasteiger partial charge in [0, 0.05) is 10.0 Å². The first-order valence-electron chi connectivity index (χ1n) is 4.36. The van der Waals surface area contributed by atoms with Crippen molar-refractivity contribution in [2.75, 3.05) is 0 Å². The molecule has 70 valence electrons. The molecule has 0 aliphatic carbocycles. The highest BCUT2D eigenvalue weighted by atomic mass is 79.9. The van der Waals surface area contributed by atoms with E-state index in [9.17, 15) is 4.79 Å². The molecule has 0 radical (unpaired) electrons. The predicted octanol–water partition coefficient (Wildman–Crippen LogP) is 3.72. The predicted molar refractivity (Wildman–Crippen MR) is 61.8 cm³/mol. The van der Waals surface area contributed by atoms with Crippen molar-refractivity contribution >= 4 is 33.0 Å². The fourth-order valence-electron chi connectivity index (χ4n) is 1.52. The minimum atomic E-state index is 0.696. The summed E-state index contributed by atoms with van der Waals surface area (Å²) in [5.74, 6) is 0. The zero-order valence-corrected chi connectivity index (χ0v) is 9.34. The molecule has 1 nitrogen and oxygen atoms in total. The molecule has 2 heteroatoms. The summed E-state index contributed by atoms with van der Waals surface area (Å²) in [7, 11) is 0. The molecule has 14 heavy (non-hydrogen) atoms. The van der Waals surface area contributed by atoms with E-state index in [0.717, 1.165) is 21.5 Å². The van der Waals surface area contributed by atoms with E-state index in [1.54, 1.807) is 0 Å². The van der Waals surface area contributed by atoms with Crippen LogP contribution in [0.4, 0.5) is 0 Å². The molecule has 0 atom stereocenters. The molecule has 2 aromatic carbocycles. The Hall–Kier alpha value is -1.15. The minimum Gasteiger partial charge on any atom is -0.298 e. The first kappa shape index (κ1) is 9.41. The Labute approximate surface area is 90.9 Å². The van der Waals surface area contributed by atoms with Crippen LogP contribution < -0.4 is 0 Å². The summed E-state index contributed by atoms with van der Waals surface area (Å²) < 4.78 is 0.880. The summed E-state index contributed by atoms with van der Waals surface area (Å²) >= 11 is 3.44. The van der Waals surface area contributed by atoms with Gasteiger partial charge in [-0.1, -0.05) is 29.8 Å². The van der Waals surface area contributed by atoms with Crippen LogP contribution in [0.2, 0.25) is 0 Å². The van der Waals surface area contributed by atoms with Gasteiger partial charge in [0.25, 0.3) is 0 Å². The number of aryl methyl sites for hydroxylation is 1. The van der Waals surface area contributed by atoms with Gasteiger partial charge in [-0.05, 0) is 39.7 Å². The number of aldehydes is 1. The Morgan fingerprint density at radius 2 is 2.00 bits per heavy atom. The molecule has 0 aliphatic rings. The normalized spacial score (nSPS) is 10.4. The summed E-state index contributed by atoms with van der Waals surface area (Å²) in [6.45, 7) is 2.06. The quantitative estimate of drug-likeness (QED) is 0.704. The lowest BCUT2D eigenvalue weighted by molar-refractivity contribution is 0.112. The molecule has 0 fully saturated rings.